The van der Waals surface area contributed by atoms with Crippen LogP contribution in [0.2, 0.25) is 0 Å². The van der Waals surface area contributed by atoms with Crippen LogP contribution in [0.5, 0.6) is 0 Å². The standard InChI is InChI=1S/C68H129N2O6P/c1-6-8-10-12-14-16-18-20-22-24-25-26-27-28-29-30-31-32-33-34-35-36-37-38-39-40-41-42-43-44-45-46-48-50-52-54-56-58-60-62-68(72)69-66(65-76-77(73,74)75-64-63-70(3,4)5)67(71)61-59-57-55-53-51-49-47-23-21-19-17-15-13-11-9-7-2/h18,20-21,23-25,51,53,59,61,66-67,71H,6-17,19,22,26-50,52,54-58,60,62-65H2,1-5H3,(H-,69,72,73,74)/b20-18-,23-21+,25-24-,53-51+,61-59+. The molecule has 0 radical (unpaired) electrons. The molecule has 0 heterocycles. The molecule has 0 fully saturated rings. The van der Waals surface area contributed by atoms with Gasteiger partial charge in [-0.2, -0.15) is 0 Å². The minimum Gasteiger partial charge on any atom is -0.756 e. The molecule has 8 nitrogen and oxygen atoms in total. The van der Waals surface area contributed by atoms with E-state index in [1.807, 2.05) is 27.2 Å². The second-order valence-electron chi connectivity index (χ2n) is 23.8. The molecular formula is C68H129N2O6P. The Kier molecular flexibility index (Phi) is 57.5. The zero-order valence-electron chi connectivity index (χ0n) is 51.7. The summed E-state index contributed by atoms with van der Waals surface area (Å²) in [6, 6.07) is -0.910. The van der Waals surface area contributed by atoms with Crippen molar-refractivity contribution in [2.75, 3.05) is 40.9 Å². The van der Waals surface area contributed by atoms with Crippen LogP contribution in [0.3, 0.4) is 0 Å². The van der Waals surface area contributed by atoms with E-state index in [1.165, 1.54) is 244 Å². The molecule has 452 valence electrons. The molecular weight excluding hydrogens is 972 g/mol. The van der Waals surface area contributed by atoms with Crippen LogP contribution in [-0.4, -0.2) is 68.5 Å². The number of hydrogen-bond acceptors (Lipinski definition) is 6. The van der Waals surface area contributed by atoms with Gasteiger partial charge in [-0.3, -0.25) is 9.36 Å². The molecule has 0 aliphatic rings. The van der Waals surface area contributed by atoms with E-state index >= 15 is 0 Å². The number of nitrogens with one attached hydrogen (secondary N) is 1. The number of hydrogen-bond donors (Lipinski definition) is 2. The van der Waals surface area contributed by atoms with Crippen molar-refractivity contribution in [2.45, 2.75) is 328 Å². The summed E-state index contributed by atoms with van der Waals surface area (Å²) in [6.07, 6.45) is 80.7. The number of quaternary nitrogens is 1. The van der Waals surface area contributed by atoms with Crippen LogP contribution in [0.15, 0.2) is 60.8 Å². The third-order valence-corrected chi connectivity index (χ3v) is 15.9. The number of phosphoric ester groups is 1. The van der Waals surface area contributed by atoms with Gasteiger partial charge in [0.15, 0.2) is 0 Å². The average molecular weight is 1100 g/mol. The van der Waals surface area contributed by atoms with Crippen LogP contribution in [0, 0.1) is 0 Å². The fourth-order valence-electron chi connectivity index (χ4n) is 9.75. The Labute approximate surface area is 479 Å². The number of phosphoric acid groups is 1. The van der Waals surface area contributed by atoms with E-state index < -0.39 is 26.6 Å². The van der Waals surface area contributed by atoms with Gasteiger partial charge in [-0.25, -0.2) is 0 Å². The van der Waals surface area contributed by atoms with E-state index in [2.05, 4.69) is 67.8 Å². The maximum atomic E-state index is 13.0. The van der Waals surface area contributed by atoms with Crippen LogP contribution >= 0.6 is 7.82 Å². The molecule has 0 bridgehead atoms. The van der Waals surface area contributed by atoms with Crippen LogP contribution in [-0.2, 0) is 18.4 Å². The Morgan fingerprint density at radius 3 is 1.13 bits per heavy atom. The number of rotatable bonds is 61. The predicted molar refractivity (Wildman–Crippen MR) is 334 cm³/mol. The first-order valence-electron chi connectivity index (χ1n) is 33.2. The third-order valence-electron chi connectivity index (χ3n) is 14.9. The van der Waals surface area contributed by atoms with Crippen molar-refractivity contribution in [1.29, 1.82) is 0 Å². The maximum absolute atomic E-state index is 13.0. The molecule has 0 aromatic carbocycles. The summed E-state index contributed by atoms with van der Waals surface area (Å²) in [5.41, 5.74) is 0. The minimum absolute atomic E-state index is 0.00865. The lowest BCUT2D eigenvalue weighted by Crippen LogP contribution is -2.45. The van der Waals surface area contributed by atoms with E-state index in [-0.39, 0.29) is 12.5 Å². The van der Waals surface area contributed by atoms with Gasteiger partial charge >= 0.3 is 0 Å². The molecule has 0 saturated heterocycles. The average Bonchev–Trinajstić information content (AvgIpc) is 3.39. The number of carbonyl (C=O) groups is 1. The molecule has 0 aromatic heterocycles. The van der Waals surface area contributed by atoms with Crippen molar-refractivity contribution in [3.8, 4) is 0 Å². The first-order valence-corrected chi connectivity index (χ1v) is 34.6. The lowest BCUT2D eigenvalue weighted by Gasteiger charge is -2.29. The largest absolute Gasteiger partial charge is 0.756 e. The molecule has 0 aliphatic heterocycles. The van der Waals surface area contributed by atoms with Crippen molar-refractivity contribution in [1.82, 2.24) is 5.32 Å². The van der Waals surface area contributed by atoms with Crippen molar-refractivity contribution < 1.29 is 32.9 Å². The number of allylic oxidation sites excluding steroid dienone is 9. The van der Waals surface area contributed by atoms with Gasteiger partial charge in [-0.1, -0.05) is 293 Å². The topological polar surface area (TPSA) is 108 Å². The Morgan fingerprint density at radius 2 is 0.766 bits per heavy atom. The summed E-state index contributed by atoms with van der Waals surface area (Å²) in [4.78, 5) is 25.5. The quantitative estimate of drug-likeness (QED) is 0.0272. The zero-order valence-corrected chi connectivity index (χ0v) is 52.6. The number of nitrogens with zero attached hydrogens (tertiary/aromatic N) is 1. The van der Waals surface area contributed by atoms with Gasteiger partial charge in [-0.05, 0) is 77.0 Å². The maximum Gasteiger partial charge on any atom is 0.268 e. The monoisotopic (exact) mass is 1100 g/mol. The van der Waals surface area contributed by atoms with Gasteiger partial charge in [0.05, 0.1) is 39.9 Å². The Hall–Kier alpha value is -1.80. The highest BCUT2D eigenvalue weighted by Gasteiger charge is 2.23. The van der Waals surface area contributed by atoms with Crippen molar-refractivity contribution >= 4 is 13.7 Å². The van der Waals surface area contributed by atoms with Gasteiger partial charge in [0.25, 0.3) is 7.82 Å². The Bertz CT molecular complexity index is 1440. The van der Waals surface area contributed by atoms with E-state index in [0.29, 0.717) is 17.4 Å². The smallest absolute Gasteiger partial charge is 0.268 e. The molecule has 0 saturated carbocycles. The number of aliphatic hydroxyl groups excluding tert-OH is 1. The molecule has 1 amide bonds. The molecule has 0 aliphatic carbocycles. The lowest BCUT2D eigenvalue weighted by atomic mass is 10.0. The highest BCUT2D eigenvalue weighted by molar-refractivity contribution is 7.45. The third kappa shape index (κ3) is 61.7. The van der Waals surface area contributed by atoms with Crippen LogP contribution < -0.4 is 10.2 Å². The number of amides is 1. The normalized spacial score (nSPS) is 14.1. The number of unbranched alkanes of at least 4 members (excludes halogenated alkanes) is 40. The van der Waals surface area contributed by atoms with E-state index in [0.717, 1.165) is 51.4 Å². The first kappa shape index (κ1) is 75.2. The number of likely N-dealkylation sites (N-methyl/N-ethyl adjacent to an activating group) is 1. The van der Waals surface area contributed by atoms with Gasteiger partial charge < -0.3 is 28.8 Å². The Balaban J connectivity index is 3.93. The molecule has 3 unspecified atom stereocenters. The van der Waals surface area contributed by atoms with E-state index in [4.69, 9.17) is 9.05 Å². The summed E-state index contributed by atoms with van der Waals surface area (Å²) in [6.45, 7) is 4.62. The van der Waals surface area contributed by atoms with Crippen molar-refractivity contribution in [3.63, 3.8) is 0 Å². The van der Waals surface area contributed by atoms with Crippen molar-refractivity contribution in [2.24, 2.45) is 0 Å². The number of carbonyl (C=O) groups excluding carboxylic acids is 1. The van der Waals surface area contributed by atoms with Crippen LogP contribution in [0.1, 0.15) is 316 Å². The highest BCUT2D eigenvalue weighted by atomic mass is 31.2. The van der Waals surface area contributed by atoms with E-state index in [1.54, 1.807) is 6.08 Å². The lowest BCUT2D eigenvalue weighted by molar-refractivity contribution is -0.870. The summed E-state index contributed by atoms with van der Waals surface area (Å²) in [7, 11) is 1.24. The fraction of sp³-hybridized carbons (Fsp3) is 0.838. The van der Waals surface area contributed by atoms with Crippen LogP contribution in [0.25, 0.3) is 0 Å². The molecule has 3 atom stereocenters. The van der Waals surface area contributed by atoms with Gasteiger partial charge in [0, 0.05) is 6.42 Å². The zero-order chi connectivity index (χ0) is 56.3. The second-order valence-corrected chi connectivity index (χ2v) is 25.2. The van der Waals surface area contributed by atoms with Crippen molar-refractivity contribution in [3.05, 3.63) is 60.8 Å². The minimum atomic E-state index is -4.61. The fourth-order valence-corrected chi connectivity index (χ4v) is 10.5. The van der Waals surface area contributed by atoms with Crippen LogP contribution in [0.4, 0.5) is 0 Å². The first-order chi connectivity index (χ1) is 37.5. The summed E-state index contributed by atoms with van der Waals surface area (Å²) < 4.78 is 23.3. The molecule has 77 heavy (non-hydrogen) atoms. The van der Waals surface area contributed by atoms with Gasteiger partial charge in [0.2, 0.25) is 5.91 Å². The highest BCUT2D eigenvalue weighted by Crippen LogP contribution is 2.38. The van der Waals surface area contributed by atoms with Gasteiger partial charge in [-0.15, -0.1) is 0 Å². The molecule has 0 rings (SSSR count). The Morgan fingerprint density at radius 1 is 0.455 bits per heavy atom. The second kappa shape index (κ2) is 58.8. The summed E-state index contributed by atoms with van der Waals surface area (Å²) >= 11 is 0. The molecule has 0 spiro atoms. The number of aliphatic hydroxyl groups is 1. The van der Waals surface area contributed by atoms with E-state index in [9.17, 15) is 19.4 Å². The molecule has 9 heteroatoms. The molecule has 0 aromatic rings. The van der Waals surface area contributed by atoms with Gasteiger partial charge in [0.1, 0.15) is 13.2 Å². The SMILES string of the molecule is CCCCCCC/C=C\C/C=C\CCCCCCCCCCCCCCCCCCCCCCCCCCCCCC(=O)NC(COP(=O)([O-])OCC[N+](C)(C)C)C(O)/C=C/CC/C=C/CC/C=C/CCCCCCCC. The summed E-state index contributed by atoms with van der Waals surface area (Å²) in [5, 5.41) is 13.9. The summed E-state index contributed by atoms with van der Waals surface area (Å²) in [5.74, 6) is -0.207. The predicted octanol–water partition coefficient (Wildman–Crippen LogP) is 20.2. The molecule has 2 N–H and O–H groups in total.